The Hall–Kier alpha value is -2.86. The van der Waals surface area contributed by atoms with Crippen LogP contribution >= 0.6 is 0 Å². The smallest absolute Gasteiger partial charge is 0.0945 e. The summed E-state index contributed by atoms with van der Waals surface area (Å²) in [7, 11) is 7.62. The van der Waals surface area contributed by atoms with Gasteiger partial charge in [0.1, 0.15) is 0 Å². The number of rotatable bonds is 49. The summed E-state index contributed by atoms with van der Waals surface area (Å²) in [5.41, 5.74) is 104. The van der Waals surface area contributed by atoms with Crippen LogP contribution in [0, 0.1) is 0 Å². The number of nitrogens with one attached hydrogen (secondary N) is 8. The van der Waals surface area contributed by atoms with Gasteiger partial charge in [-0.15, -0.1) is 0 Å². The number of nitrogens with two attached hydrogens (primary N) is 20. The van der Waals surface area contributed by atoms with E-state index in [0.717, 1.165) is 298 Å². The van der Waals surface area contributed by atoms with Gasteiger partial charge in [-0.25, -0.2) is 9.97 Å². The molecule has 36 heteroatoms. The van der Waals surface area contributed by atoms with Crippen LogP contribution in [0.3, 0.4) is 0 Å². The number of imidazole rings is 2. The molecule has 0 bridgehead atoms. The number of aromatic amines is 1. The van der Waals surface area contributed by atoms with Crippen LogP contribution in [0.1, 0.15) is 121 Å². The number of H-pyrrole nitrogens is 1. The predicted molar refractivity (Wildman–Crippen MR) is 452 cm³/mol. The van der Waals surface area contributed by atoms with Gasteiger partial charge in [0.2, 0.25) is 0 Å². The number of aryl methyl sites for hydroxylation is 1. The van der Waals surface area contributed by atoms with Crippen LogP contribution in [0.15, 0.2) is 31.2 Å². The van der Waals surface area contributed by atoms with Crippen LogP contribution < -0.4 is 152 Å². The minimum Gasteiger partial charge on any atom is -0.396 e. The first-order chi connectivity index (χ1) is 50.8. The van der Waals surface area contributed by atoms with Gasteiger partial charge in [-0.05, 0) is 249 Å². The molecule has 640 valence electrons. The van der Waals surface area contributed by atoms with Gasteiger partial charge in [0.05, 0.1) is 32.5 Å². The summed E-state index contributed by atoms with van der Waals surface area (Å²) in [6.45, 7) is 30.8. The number of aliphatic hydroxyl groups excluding tert-OH is 3. The molecular weight excluding hydrogens is 1330 g/mol. The minimum absolute atomic E-state index is 0.208. The number of nitrogens with zero attached hydrogens (tertiary/aromatic N) is 4. The Morgan fingerprint density at radius 2 is 0.702 bits per heavy atom. The Bertz CT molecular complexity index is 1280. The van der Waals surface area contributed by atoms with Crippen LogP contribution in [0.2, 0.25) is 0 Å². The molecule has 0 spiro atoms. The number of hydrogen-bond donors (Lipinski definition) is 31. The first-order valence-electron chi connectivity index (χ1n) is 38.6. The van der Waals surface area contributed by atoms with Gasteiger partial charge in [-0.1, -0.05) is 12.8 Å². The van der Waals surface area contributed by atoms with Gasteiger partial charge in [-0.3, -0.25) is 4.90 Å². The maximum atomic E-state index is 8.41. The number of likely N-dealkylation sites (N-methyl/N-ethyl adjacent to an activating group) is 2. The van der Waals surface area contributed by atoms with Crippen molar-refractivity contribution < 1.29 is 20.1 Å². The summed E-state index contributed by atoms with van der Waals surface area (Å²) in [6, 6.07) is 0. The predicted octanol–water partition coefficient (Wildman–Crippen LogP) is -7.19. The van der Waals surface area contributed by atoms with E-state index in [1.54, 1.807) is 25.0 Å². The van der Waals surface area contributed by atoms with Gasteiger partial charge in [0, 0.05) is 149 Å². The molecule has 1 aliphatic heterocycles. The lowest BCUT2D eigenvalue weighted by Crippen LogP contribution is -2.37. The molecule has 36 nitrogen and oxygen atoms in total. The molecule has 2 aromatic rings. The molecule has 104 heavy (non-hydrogen) atoms. The standard InChI is InChI=1S/2C7H19N3.C7H16N2O.C7H17NO2.C6H11N3.C5H9N3.C5H13NO.2C4H12N2.4C3H10N2.2C2H8N2/c2*8-4-2-1-3-6-10-7-5-9;8-2-1-3-9-4-6-10-7-5-9;9-6-3-1-2-4-8-5-7-10;7-2-1-4-9-5-3-8-6-9;6-2-1-5-3-7-4-8-5;6-4-2-1-3-5-7;2*1-6-4-2-3-5;2*1-5-3-2-4;2*4-2-1-3-5;2*3-1-2-4/h2*10H,1-9H2;1-8H2;8-10H,1-7H2;3,5-6H,1-2,4,7H2;3-4H,1-2,6H2,(H,7,8);7H,1-6H2;2*6H,2-5H2,1H3;2*5H,2-4H2,1H3;2*1-5H2;2*1-4H2. The lowest BCUT2D eigenvalue weighted by atomic mass is 10.2. The second-order valence-electron chi connectivity index (χ2n) is 22.1. The van der Waals surface area contributed by atoms with E-state index in [2.05, 4.69) is 57.1 Å². The lowest BCUT2D eigenvalue weighted by Gasteiger charge is -2.26. The highest BCUT2D eigenvalue weighted by Gasteiger charge is 2.08. The third-order valence-corrected chi connectivity index (χ3v) is 12.1. The van der Waals surface area contributed by atoms with Crippen molar-refractivity contribution in [2.75, 3.05) is 277 Å². The summed E-state index contributed by atoms with van der Waals surface area (Å²) in [5, 5.41) is 46.3. The zero-order valence-electron chi connectivity index (χ0n) is 67.5. The first-order valence-corrected chi connectivity index (χ1v) is 38.6. The minimum atomic E-state index is 0.208. The molecule has 1 fully saturated rings. The van der Waals surface area contributed by atoms with E-state index in [4.69, 9.17) is 135 Å². The van der Waals surface area contributed by atoms with Crippen molar-refractivity contribution in [1.82, 2.24) is 61.6 Å². The van der Waals surface area contributed by atoms with E-state index >= 15 is 0 Å². The Morgan fingerprint density at radius 1 is 0.346 bits per heavy atom. The van der Waals surface area contributed by atoms with Crippen molar-refractivity contribution in [3.63, 3.8) is 0 Å². The molecule has 3 heterocycles. The number of ether oxygens (including phenoxy) is 1. The molecule has 3 rings (SSSR count). The van der Waals surface area contributed by atoms with Crippen LogP contribution in [0.25, 0.3) is 0 Å². The molecule has 0 radical (unpaired) electrons. The normalized spacial score (nSPS) is 10.5. The van der Waals surface area contributed by atoms with E-state index < -0.39 is 0 Å². The first kappa shape index (κ1) is 128. The molecule has 1 saturated heterocycles. The van der Waals surface area contributed by atoms with Gasteiger partial charge < -0.3 is 181 Å². The topological polar surface area (TPSA) is 724 Å². The molecule has 0 amide bonds. The van der Waals surface area contributed by atoms with Crippen LogP contribution in [0.4, 0.5) is 0 Å². The van der Waals surface area contributed by atoms with Crippen molar-refractivity contribution in [2.45, 2.75) is 129 Å². The quantitative estimate of drug-likeness (QED) is 0.0274. The fourth-order valence-electron chi connectivity index (χ4n) is 6.26. The van der Waals surface area contributed by atoms with Crippen LogP contribution in [0.5, 0.6) is 0 Å². The molecule has 0 atom stereocenters. The average Bonchev–Trinajstić information content (AvgIpc) is 2.27. The van der Waals surface area contributed by atoms with Crippen molar-refractivity contribution in [2.24, 2.45) is 115 Å². The Kier molecular flexibility index (Phi) is 188. The van der Waals surface area contributed by atoms with Gasteiger partial charge in [-0.2, -0.15) is 0 Å². The molecule has 51 N–H and O–H groups in total. The highest BCUT2D eigenvalue weighted by Crippen LogP contribution is 1.97. The Labute approximate surface area is 636 Å². The number of unbranched alkanes of at least 4 members (excludes halogenated alkanes) is 8. The SMILES string of the molecule is CNCCCN.CNCCCN.CNCCN.CNCCN.NCCCCCNCCN.NCCCCCNCCN.NCCCCCO.NCCCN.NCCCN.NCCCN1CCOCC1.NCCCn1ccnc1.NCCN.NCCN.NCCc1cnc[nH]1.OCCCCCNCCO. The summed E-state index contributed by atoms with van der Waals surface area (Å²) in [4.78, 5) is 13.1. The van der Waals surface area contributed by atoms with Crippen LogP contribution in [-0.2, 0) is 17.7 Å². The molecule has 2 aromatic heterocycles. The molecule has 0 saturated carbocycles. The molecule has 0 aromatic carbocycles. The molecule has 1 aliphatic rings. The second-order valence-corrected chi connectivity index (χ2v) is 22.1. The van der Waals surface area contributed by atoms with E-state index in [9.17, 15) is 0 Å². The maximum Gasteiger partial charge on any atom is 0.0945 e. The van der Waals surface area contributed by atoms with Gasteiger partial charge >= 0.3 is 0 Å². The Balaban J connectivity index is -0.0000000881. The number of aromatic nitrogens is 4. The Morgan fingerprint density at radius 3 is 0.962 bits per heavy atom. The molecule has 0 aliphatic carbocycles. The van der Waals surface area contributed by atoms with Crippen molar-refractivity contribution in [1.29, 1.82) is 0 Å². The summed E-state index contributed by atoms with van der Waals surface area (Å²) >= 11 is 0. The van der Waals surface area contributed by atoms with Gasteiger partial charge in [0.25, 0.3) is 0 Å². The summed E-state index contributed by atoms with van der Waals surface area (Å²) in [6.07, 6.45) is 29.3. The van der Waals surface area contributed by atoms with Gasteiger partial charge in [0.15, 0.2) is 0 Å². The van der Waals surface area contributed by atoms with Crippen molar-refractivity contribution >= 4 is 0 Å². The largest absolute Gasteiger partial charge is 0.396 e. The van der Waals surface area contributed by atoms with Crippen molar-refractivity contribution in [3.8, 4) is 0 Å². The number of aliphatic hydroxyl groups is 3. The highest BCUT2D eigenvalue weighted by molar-refractivity contribution is 4.93. The third kappa shape index (κ3) is 189. The zero-order valence-corrected chi connectivity index (χ0v) is 67.5. The zero-order chi connectivity index (χ0) is 81.1. The maximum absolute atomic E-state index is 8.41. The van der Waals surface area contributed by atoms with E-state index in [1.165, 1.54) is 25.7 Å². The molecular formula is C68H184N32O4. The van der Waals surface area contributed by atoms with Crippen LogP contribution in [-0.4, -0.2) is 317 Å². The molecule has 0 unspecified atom stereocenters. The van der Waals surface area contributed by atoms with Crippen molar-refractivity contribution in [3.05, 3.63) is 36.9 Å². The summed E-state index contributed by atoms with van der Waals surface area (Å²) < 4.78 is 7.23. The monoisotopic (exact) mass is 1510 g/mol. The second kappa shape index (κ2) is 153. The third-order valence-electron chi connectivity index (χ3n) is 12.1. The van der Waals surface area contributed by atoms with E-state index in [-0.39, 0.29) is 6.61 Å². The van der Waals surface area contributed by atoms with E-state index in [0.29, 0.717) is 52.5 Å². The lowest BCUT2D eigenvalue weighted by molar-refractivity contribution is 0.0377. The fraction of sp³-hybridized carbons (Fsp3) is 0.912. The summed E-state index contributed by atoms with van der Waals surface area (Å²) in [5.74, 6) is 0. The highest BCUT2D eigenvalue weighted by atomic mass is 16.5. The number of hydrogen-bond acceptors (Lipinski definition) is 34. The average molecular weight is 1510 g/mol. The van der Waals surface area contributed by atoms with E-state index in [1.807, 2.05) is 39.0 Å². The fourth-order valence-corrected chi connectivity index (χ4v) is 6.26. The number of morpholine rings is 1.